The molecule has 1 aromatic carbocycles. The largest absolute Gasteiger partial charge is 0.268 e. The lowest BCUT2D eigenvalue weighted by Crippen LogP contribution is -2.22. The number of hydrogen-bond donors (Lipinski definition) is 0. The Kier molecular flexibility index (Phi) is 4.93. The van der Waals surface area contributed by atoms with Crippen LogP contribution >= 0.6 is 23.1 Å². The topological polar surface area (TPSA) is 34.9 Å². The highest BCUT2D eigenvalue weighted by Gasteiger charge is 2.25. The Balaban J connectivity index is 1.95. The molecule has 0 spiro atoms. The van der Waals surface area contributed by atoms with E-state index >= 15 is 0 Å². The summed E-state index contributed by atoms with van der Waals surface area (Å²) in [5, 5.41) is 1.67. The molecule has 0 saturated heterocycles. The van der Waals surface area contributed by atoms with Gasteiger partial charge in [-0.2, -0.15) is 0 Å². The first kappa shape index (κ1) is 17.8. The number of benzene rings is 1. The summed E-state index contributed by atoms with van der Waals surface area (Å²) in [7, 11) is 0. The molecule has 136 valence electrons. The number of rotatable bonds is 4. The van der Waals surface area contributed by atoms with Crippen LogP contribution in [0.1, 0.15) is 37.6 Å². The van der Waals surface area contributed by atoms with Crippen molar-refractivity contribution in [1.29, 1.82) is 0 Å². The molecule has 1 unspecified atom stereocenters. The minimum Gasteiger partial charge on any atom is -0.268 e. The Hall–Kier alpha value is -1.59. The summed E-state index contributed by atoms with van der Waals surface area (Å²) in [5.74, 6) is 2.20. The lowest BCUT2D eigenvalue weighted by atomic mass is 9.89. The first-order chi connectivity index (χ1) is 12.5. The highest BCUT2D eigenvalue weighted by Crippen LogP contribution is 2.37. The lowest BCUT2D eigenvalue weighted by Gasteiger charge is -2.18. The molecule has 0 aliphatic heterocycles. The van der Waals surface area contributed by atoms with E-state index in [2.05, 4.69) is 20.8 Å². The van der Waals surface area contributed by atoms with Crippen molar-refractivity contribution in [2.75, 3.05) is 5.75 Å². The average molecular weight is 385 g/mol. The van der Waals surface area contributed by atoms with Crippen molar-refractivity contribution in [3.05, 3.63) is 51.1 Å². The van der Waals surface area contributed by atoms with E-state index in [1.807, 2.05) is 34.9 Å². The third kappa shape index (κ3) is 3.23. The average Bonchev–Trinajstić information content (AvgIpc) is 2.98. The van der Waals surface area contributed by atoms with Gasteiger partial charge in [0.25, 0.3) is 5.56 Å². The van der Waals surface area contributed by atoms with Gasteiger partial charge in [0.15, 0.2) is 5.16 Å². The van der Waals surface area contributed by atoms with Gasteiger partial charge in [-0.3, -0.25) is 9.36 Å². The van der Waals surface area contributed by atoms with Gasteiger partial charge in [-0.25, -0.2) is 4.98 Å². The highest BCUT2D eigenvalue weighted by atomic mass is 32.2. The number of hydrogen-bond acceptors (Lipinski definition) is 4. The first-order valence-electron chi connectivity index (χ1n) is 9.30. The quantitative estimate of drug-likeness (QED) is 0.451. The van der Waals surface area contributed by atoms with E-state index in [0.717, 1.165) is 46.1 Å². The maximum Gasteiger partial charge on any atom is 0.267 e. The van der Waals surface area contributed by atoms with E-state index in [4.69, 9.17) is 4.98 Å². The third-order valence-corrected chi connectivity index (χ3v) is 7.37. The predicted molar refractivity (Wildman–Crippen MR) is 112 cm³/mol. The number of aromatic nitrogens is 2. The van der Waals surface area contributed by atoms with Gasteiger partial charge < -0.3 is 0 Å². The van der Waals surface area contributed by atoms with Crippen LogP contribution in [0.3, 0.4) is 0 Å². The fourth-order valence-corrected chi connectivity index (χ4v) is 5.90. The molecule has 0 saturated carbocycles. The first-order valence-corrected chi connectivity index (χ1v) is 11.1. The van der Waals surface area contributed by atoms with Gasteiger partial charge in [0.2, 0.25) is 0 Å². The van der Waals surface area contributed by atoms with E-state index in [1.54, 1.807) is 23.1 Å². The molecule has 1 aliphatic rings. The van der Waals surface area contributed by atoms with Crippen LogP contribution in [0.5, 0.6) is 0 Å². The molecule has 26 heavy (non-hydrogen) atoms. The molecule has 5 heteroatoms. The van der Waals surface area contributed by atoms with E-state index in [0.29, 0.717) is 11.8 Å². The van der Waals surface area contributed by atoms with Crippen LogP contribution in [0.25, 0.3) is 15.9 Å². The Bertz CT molecular complexity index is 989. The van der Waals surface area contributed by atoms with Gasteiger partial charge in [0.1, 0.15) is 4.83 Å². The van der Waals surface area contributed by atoms with Crippen LogP contribution in [0.15, 0.2) is 40.3 Å². The molecule has 3 aromatic rings. The van der Waals surface area contributed by atoms with Crippen molar-refractivity contribution < 1.29 is 0 Å². The summed E-state index contributed by atoms with van der Waals surface area (Å²) in [6.07, 6.45) is 3.24. The third-order valence-electron chi connectivity index (χ3n) is 4.86. The molecular formula is C21H24N2OS2. The molecule has 1 atom stereocenters. The molecule has 0 N–H and O–H groups in total. The zero-order valence-electron chi connectivity index (χ0n) is 15.5. The van der Waals surface area contributed by atoms with E-state index in [9.17, 15) is 4.79 Å². The van der Waals surface area contributed by atoms with Crippen LogP contribution in [0.4, 0.5) is 0 Å². The molecule has 4 rings (SSSR count). The van der Waals surface area contributed by atoms with Crippen molar-refractivity contribution in [3.63, 3.8) is 0 Å². The fourth-order valence-electron chi connectivity index (χ4n) is 3.51. The van der Waals surface area contributed by atoms with Crippen LogP contribution in [-0.4, -0.2) is 15.3 Å². The fraction of sp³-hybridized carbons (Fsp3) is 0.429. The second-order valence-electron chi connectivity index (χ2n) is 7.61. The molecule has 2 heterocycles. The second-order valence-corrected chi connectivity index (χ2v) is 9.68. The van der Waals surface area contributed by atoms with E-state index in [-0.39, 0.29) is 5.56 Å². The Morgan fingerprint density at radius 3 is 2.81 bits per heavy atom. The minimum absolute atomic E-state index is 0.0968. The SMILES string of the molecule is CC(C)CSc1nc2sc3c(c2c(=O)n1-c1ccccc1)CCC(C)C3. The molecule has 0 fully saturated rings. The van der Waals surface area contributed by atoms with Gasteiger partial charge >= 0.3 is 0 Å². The number of aryl methyl sites for hydroxylation is 1. The van der Waals surface area contributed by atoms with Gasteiger partial charge in [0, 0.05) is 10.6 Å². The molecule has 2 aromatic heterocycles. The van der Waals surface area contributed by atoms with Crippen molar-refractivity contribution in [2.45, 2.75) is 45.2 Å². The zero-order chi connectivity index (χ0) is 18.3. The maximum atomic E-state index is 13.5. The van der Waals surface area contributed by atoms with Crippen molar-refractivity contribution in [1.82, 2.24) is 9.55 Å². The smallest absolute Gasteiger partial charge is 0.267 e. The number of thiophene rings is 1. The number of thioether (sulfide) groups is 1. The van der Waals surface area contributed by atoms with Crippen LogP contribution in [0, 0.1) is 11.8 Å². The predicted octanol–water partition coefficient (Wildman–Crippen LogP) is 5.32. The van der Waals surface area contributed by atoms with E-state index in [1.165, 1.54) is 10.4 Å². The van der Waals surface area contributed by atoms with E-state index < -0.39 is 0 Å². The van der Waals surface area contributed by atoms with Gasteiger partial charge in [-0.1, -0.05) is 50.7 Å². The monoisotopic (exact) mass is 384 g/mol. The summed E-state index contributed by atoms with van der Waals surface area (Å²) in [6, 6.07) is 9.93. The summed E-state index contributed by atoms with van der Waals surface area (Å²) < 4.78 is 1.82. The summed E-state index contributed by atoms with van der Waals surface area (Å²) in [6.45, 7) is 6.69. The molecular weight excluding hydrogens is 360 g/mol. The lowest BCUT2D eigenvalue weighted by molar-refractivity contribution is 0.509. The maximum absolute atomic E-state index is 13.5. The normalized spacial score (nSPS) is 17.0. The van der Waals surface area contributed by atoms with Crippen LogP contribution in [0.2, 0.25) is 0 Å². The Labute approximate surface area is 162 Å². The van der Waals surface area contributed by atoms with Gasteiger partial charge in [-0.15, -0.1) is 11.3 Å². The van der Waals surface area contributed by atoms with Gasteiger partial charge in [0.05, 0.1) is 11.1 Å². The standard InChI is InChI=1S/C21H24N2OS2/c1-13(2)12-25-21-22-19-18(16-10-9-14(3)11-17(16)26-19)20(24)23(21)15-7-5-4-6-8-15/h4-8,13-14H,9-12H2,1-3H3. The molecule has 3 nitrogen and oxygen atoms in total. The second kappa shape index (κ2) is 7.20. The molecule has 0 amide bonds. The Morgan fingerprint density at radius 2 is 2.08 bits per heavy atom. The number of fused-ring (bicyclic) bond motifs is 3. The van der Waals surface area contributed by atoms with Crippen molar-refractivity contribution in [2.24, 2.45) is 11.8 Å². The minimum atomic E-state index is 0.0968. The Morgan fingerprint density at radius 1 is 1.31 bits per heavy atom. The summed E-state index contributed by atoms with van der Waals surface area (Å²) >= 11 is 3.42. The van der Waals surface area contributed by atoms with Crippen molar-refractivity contribution >= 4 is 33.3 Å². The summed E-state index contributed by atoms with van der Waals surface area (Å²) in [5.41, 5.74) is 2.26. The van der Waals surface area contributed by atoms with Crippen molar-refractivity contribution in [3.8, 4) is 5.69 Å². The van der Waals surface area contributed by atoms with Gasteiger partial charge in [-0.05, 0) is 48.8 Å². The number of nitrogens with zero attached hydrogens (tertiary/aromatic N) is 2. The summed E-state index contributed by atoms with van der Waals surface area (Å²) in [4.78, 5) is 20.8. The highest BCUT2D eigenvalue weighted by molar-refractivity contribution is 7.99. The number of para-hydroxylation sites is 1. The van der Waals surface area contributed by atoms with Crippen LogP contribution in [-0.2, 0) is 12.8 Å². The van der Waals surface area contributed by atoms with Crippen LogP contribution < -0.4 is 5.56 Å². The molecule has 0 radical (unpaired) electrons. The molecule has 0 bridgehead atoms. The zero-order valence-corrected chi connectivity index (χ0v) is 17.1. The molecule has 1 aliphatic carbocycles.